The van der Waals surface area contributed by atoms with E-state index in [1.165, 1.54) is 0 Å². The number of fused-ring (bicyclic) bond motifs is 5. The molecule has 0 fully saturated rings. The van der Waals surface area contributed by atoms with Crippen LogP contribution in [0.2, 0.25) is 0 Å². The van der Waals surface area contributed by atoms with Crippen molar-refractivity contribution in [2.75, 3.05) is 6.67 Å². The number of rotatable bonds is 2. The van der Waals surface area contributed by atoms with E-state index in [0.717, 1.165) is 5.56 Å². The first-order chi connectivity index (χ1) is 15.6. The number of aliphatic imine (C=N–C) groups is 1. The minimum Gasteiger partial charge on any atom is -0.454 e. The van der Waals surface area contributed by atoms with Crippen LogP contribution in [0.15, 0.2) is 59.7 Å². The minimum atomic E-state index is -1.80. The summed E-state index contributed by atoms with van der Waals surface area (Å²) in [6, 6.07) is 13.0. The second-order valence-electron chi connectivity index (χ2n) is 8.25. The number of carbonyl (C=O) groups is 3. The van der Waals surface area contributed by atoms with E-state index in [1.54, 1.807) is 35.5 Å². The summed E-state index contributed by atoms with van der Waals surface area (Å²) >= 11 is 0. The summed E-state index contributed by atoms with van der Waals surface area (Å²) in [6.45, 7) is 4.47. The number of amides is 2. The average Bonchev–Trinajstić information content (AvgIpc) is 3.18. The second kappa shape index (κ2) is 7.86. The maximum Gasteiger partial charge on any atom is 0.306 e. The van der Waals surface area contributed by atoms with E-state index in [9.17, 15) is 19.5 Å². The highest BCUT2D eigenvalue weighted by Gasteiger charge is 2.73. The molecule has 2 aromatic carbocycles. The number of nitrogens with zero attached hydrogens (tertiary/aromatic N) is 2. The molecule has 33 heavy (non-hydrogen) atoms. The van der Waals surface area contributed by atoms with Crippen LogP contribution >= 0.6 is 0 Å². The fourth-order valence-corrected chi connectivity index (χ4v) is 4.48. The number of primary amides is 2. The van der Waals surface area contributed by atoms with E-state index < -0.39 is 23.1 Å². The maximum atomic E-state index is 13.7. The SMILES string of the molecule is CC(C)c1ccc2c(c1)OC1(O)c3ccccc3C(=O)C21N1C=CC=NC1.NC(=O)C(N)=O. The Hall–Kier alpha value is -3.98. The Kier molecular flexibility index (Phi) is 5.29. The first kappa shape index (κ1) is 22.2. The number of ether oxygens (including phenoxy) is 1. The lowest BCUT2D eigenvalue weighted by Gasteiger charge is -2.42. The Balaban J connectivity index is 0.000000385. The molecular formula is C24H24N4O5. The quantitative estimate of drug-likeness (QED) is 0.589. The van der Waals surface area contributed by atoms with Gasteiger partial charge in [0.15, 0.2) is 0 Å². The van der Waals surface area contributed by atoms with Crippen molar-refractivity contribution in [2.24, 2.45) is 16.5 Å². The molecular weight excluding hydrogens is 424 g/mol. The van der Waals surface area contributed by atoms with E-state index in [1.807, 2.05) is 30.3 Å². The van der Waals surface area contributed by atoms with Gasteiger partial charge in [-0.2, -0.15) is 0 Å². The fraction of sp³-hybridized carbons (Fsp3) is 0.250. The molecule has 0 radical (unpaired) electrons. The van der Waals surface area contributed by atoms with Crippen molar-refractivity contribution in [3.05, 3.63) is 77.0 Å². The summed E-state index contributed by atoms with van der Waals surface area (Å²) in [7, 11) is 0. The Bertz CT molecular complexity index is 1210. The molecule has 0 saturated carbocycles. The topological polar surface area (TPSA) is 148 Å². The highest BCUT2D eigenvalue weighted by atomic mass is 16.6. The standard InChI is InChI=1S/C22H20N2O3.C2H4N2O2/c1-14(2)15-8-9-18-19(12-15)27-22(26)17-7-4-3-6-16(17)20(25)21(18,22)24-11-5-10-23-13-24;3-1(5)2(4)6/h3-12,14,26H,13H2,1-2H3;(H2,3,5)(H2,4,6). The van der Waals surface area contributed by atoms with Gasteiger partial charge in [0.1, 0.15) is 12.4 Å². The molecule has 2 aliphatic heterocycles. The maximum absolute atomic E-state index is 13.7. The Morgan fingerprint density at radius 2 is 1.82 bits per heavy atom. The van der Waals surface area contributed by atoms with Crippen molar-refractivity contribution >= 4 is 23.8 Å². The zero-order valence-corrected chi connectivity index (χ0v) is 18.2. The fourth-order valence-electron chi connectivity index (χ4n) is 4.48. The lowest BCUT2D eigenvalue weighted by molar-refractivity contribution is -0.194. The number of aliphatic hydroxyl groups is 1. The molecule has 1 aliphatic carbocycles. The highest BCUT2D eigenvalue weighted by Crippen LogP contribution is 2.61. The van der Waals surface area contributed by atoms with Crippen LogP contribution in [0.5, 0.6) is 5.75 Å². The van der Waals surface area contributed by atoms with E-state index in [-0.39, 0.29) is 12.5 Å². The largest absolute Gasteiger partial charge is 0.454 e. The third-order valence-electron chi connectivity index (χ3n) is 6.04. The molecule has 3 aliphatic rings. The number of allylic oxidation sites excluding steroid dienone is 1. The predicted octanol–water partition coefficient (Wildman–Crippen LogP) is 1.25. The summed E-state index contributed by atoms with van der Waals surface area (Å²) < 4.78 is 6.17. The van der Waals surface area contributed by atoms with Gasteiger partial charge in [-0.05, 0) is 23.6 Å². The van der Waals surface area contributed by atoms with Crippen LogP contribution in [-0.4, -0.2) is 40.5 Å². The lowest BCUT2D eigenvalue weighted by Crippen LogP contribution is -2.58. The first-order valence-corrected chi connectivity index (χ1v) is 10.4. The van der Waals surface area contributed by atoms with Crippen molar-refractivity contribution in [2.45, 2.75) is 31.1 Å². The van der Waals surface area contributed by atoms with Crippen molar-refractivity contribution in [3.63, 3.8) is 0 Å². The van der Waals surface area contributed by atoms with Crippen LogP contribution < -0.4 is 16.2 Å². The lowest BCUT2D eigenvalue weighted by atomic mass is 9.81. The average molecular weight is 448 g/mol. The van der Waals surface area contributed by atoms with Gasteiger partial charge < -0.3 is 26.2 Å². The van der Waals surface area contributed by atoms with Gasteiger partial charge in [-0.15, -0.1) is 0 Å². The number of hydrogen-bond donors (Lipinski definition) is 3. The normalized spacial score (nSPS) is 23.9. The molecule has 9 heteroatoms. The third kappa shape index (κ3) is 3.12. The number of hydrogen-bond acceptors (Lipinski definition) is 7. The van der Waals surface area contributed by atoms with Gasteiger partial charge in [-0.1, -0.05) is 50.2 Å². The monoisotopic (exact) mass is 448 g/mol. The Morgan fingerprint density at radius 1 is 1.12 bits per heavy atom. The number of benzene rings is 2. The molecule has 2 unspecified atom stereocenters. The molecule has 2 heterocycles. The zero-order chi connectivity index (χ0) is 24.0. The smallest absolute Gasteiger partial charge is 0.306 e. The molecule has 0 saturated heterocycles. The number of Topliss-reactive ketones (excluding diaryl/α,β-unsaturated/α-hetero) is 1. The van der Waals surface area contributed by atoms with Gasteiger partial charge >= 0.3 is 11.8 Å². The summed E-state index contributed by atoms with van der Waals surface area (Å²) in [5.74, 6) is -3.30. The molecule has 0 bridgehead atoms. The molecule has 0 spiro atoms. The van der Waals surface area contributed by atoms with Gasteiger partial charge in [0.2, 0.25) is 11.3 Å². The van der Waals surface area contributed by atoms with Gasteiger partial charge in [-0.25, -0.2) is 0 Å². The van der Waals surface area contributed by atoms with Crippen LogP contribution in [0.4, 0.5) is 0 Å². The van der Waals surface area contributed by atoms with Crippen molar-refractivity contribution in [1.82, 2.24) is 4.90 Å². The second-order valence-corrected chi connectivity index (χ2v) is 8.25. The van der Waals surface area contributed by atoms with Crippen LogP contribution in [0, 0.1) is 0 Å². The third-order valence-corrected chi connectivity index (χ3v) is 6.04. The predicted molar refractivity (Wildman–Crippen MR) is 120 cm³/mol. The van der Waals surface area contributed by atoms with Crippen molar-refractivity contribution in [3.8, 4) is 5.75 Å². The molecule has 170 valence electrons. The summed E-state index contributed by atoms with van der Waals surface area (Å²) in [5, 5.41) is 11.8. The van der Waals surface area contributed by atoms with Crippen LogP contribution in [0.3, 0.4) is 0 Å². The van der Waals surface area contributed by atoms with E-state index >= 15 is 0 Å². The van der Waals surface area contributed by atoms with Crippen LogP contribution in [-0.2, 0) is 20.9 Å². The summed E-state index contributed by atoms with van der Waals surface area (Å²) in [6.07, 6.45) is 5.27. The minimum absolute atomic E-state index is 0.168. The summed E-state index contributed by atoms with van der Waals surface area (Å²) in [5.41, 5.74) is 10.0. The molecule has 9 nitrogen and oxygen atoms in total. The molecule has 2 amide bonds. The number of carbonyl (C=O) groups excluding carboxylic acids is 3. The molecule has 0 aromatic heterocycles. The zero-order valence-electron chi connectivity index (χ0n) is 18.2. The van der Waals surface area contributed by atoms with Gasteiger partial charge in [-0.3, -0.25) is 19.4 Å². The number of nitrogens with two attached hydrogens (primary N) is 2. The van der Waals surface area contributed by atoms with Gasteiger partial charge in [0.25, 0.3) is 5.79 Å². The Morgan fingerprint density at radius 3 is 2.42 bits per heavy atom. The first-order valence-electron chi connectivity index (χ1n) is 10.4. The van der Waals surface area contributed by atoms with Crippen LogP contribution in [0.1, 0.15) is 46.8 Å². The molecule has 5 N–H and O–H groups in total. The van der Waals surface area contributed by atoms with Gasteiger partial charge in [0, 0.05) is 29.1 Å². The van der Waals surface area contributed by atoms with Crippen LogP contribution in [0.25, 0.3) is 0 Å². The van der Waals surface area contributed by atoms with E-state index in [4.69, 9.17) is 4.74 Å². The van der Waals surface area contributed by atoms with Crippen molar-refractivity contribution < 1.29 is 24.2 Å². The van der Waals surface area contributed by atoms with E-state index in [0.29, 0.717) is 28.4 Å². The molecule has 2 aromatic rings. The summed E-state index contributed by atoms with van der Waals surface area (Å²) in [4.78, 5) is 38.7. The molecule has 2 atom stereocenters. The Labute approximate surface area is 190 Å². The van der Waals surface area contributed by atoms with Gasteiger partial charge in [0.05, 0.1) is 0 Å². The molecule has 5 rings (SSSR count). The van der Waals surface area contributed by atoms with Crippen molar-refractivity contribution in [1.29, 1.82) is 0 Å². The highest BCUT2D eigenvalue weighted by molar-refractivity contribution is 6.33. The number of ketones is 1. The van der Waals surface area contributed by atoms with E-state index in [2.05, 4.69) is 30.3 Å².